The minimum Gasteiger partial charge on any atom is -0.495 e. The van der Waals surface area contributed by atoms with E-state index in [1.165, 1.54) is 0 Å². The molecule has 0 atom stereocenters. The minimum atomic E-state index is 0.645. The second-order valence-electron chi connectivity index (χ2n) is 3.71. The Labute approximate surface area is 100 Å². The van der Waals surface area contributed by atoms with Crippen molar-refractivity contribution in [2.24, 2.45) is 0 Å². The number of nitrogens with one attached hydrogen (secondary N) is 2. The average molecular weight is 232 g/mol. The monoisotopic (exact) mass is 232 g/mol. The molecule has 0 amide bonds. The summed E-state index contributed by atoms with van der Waals surface area (Å²) in [6.07, 6.45) is 4.40. The van der Waals surface area contributed by atoms with Crippen LogP contribution in [0.1, 0.15) is 5.69 Å². The maximum absolute atomic E-state index is 5.74. The van der Waals surface area contributed by atoms with Gasteiger partial charge in [-0.25, -0.2) is 4.98 Å². The van der Waals surface area contributed by atoms with Gasteiger partial charge in [-0.2, -0.15) is 0 Å². The number of nitrogen functional groups attached to an aromatic ring is 1. The van der Waals surface area contributed by atoms with Crippen LogP contribution in [0, 0.1) is 0 Å². The Balaban J connectivity index is 1.90. The van der Waals surface area contributed by atoms with E-state index >= 15 is 0 Å². The van der Waals surface area contributed by atoms with Gasteiger partial charge >= 0.3 is 0 Å². The third-order valence-corrected chi connectivity index (χ3v) is 2.51. The van der Waals surface area contributed by atoms with Gasteiger partial charge < -0.3 is 20.8 Å². The number of anilines is 2. The van der Waals surface area contributed by atoms with E-state index in [-0.39, 0.29) is 0 Å². The summed E-state index contributed by atoms with van der Waals surface area (Å²) in [5.74, 6) is 0.691. The maximum Gasteiger partial charge on any atom is 0.143 e. The van der Waals surface area contributed by atoms with Gasteiger partial charge in [0.25, 0.3) is 0 Å². The van der Waals surface area contributed by atoms with Gasteiger partial charge in [-0.15, -0.1) is 0 Å². The van der Waals surface area contributed by atoms with Gasteiger partial charge in [-0.3, -0.25) is 0 Å². The molecule has 0 aliphatic heterocycles. The second kappa shape index (κ2) is 5.25. The van der Waals surface area contributed by atoms with Gasteiger partial charge in [0.2, 0.25) is 0 Å². The van der Waals surface area contributed by atoms with Crippen molar-refractivity contribution < 1.29 is 4.74 Å². The quantitative estimate of drug-likeness (QED) is 0.685. The normalized spacial score (nSPS) is 10.2. The third kappa shape index (κ3) is 2.90. The molecule has 0 radical (unpaired) electrons. The second-order valence-corrected chi connectivity index (χ2v) is 3.71. The van der Waals surface area contributed by atoms with Crippen molar-refractivity contribution >= 4 is 11.4 Å². The molecule has 90 valence electrons. The Bertz CT molecular complexity index is 467. The number of benzene rings is 1. The van der Waals surface area contributed by atoms with Crippen LogP contribution in [0.15, 0.2) is 30.7 Å². The van der Waals surface area contributed by atoms with E-state index in [1.54, 1.807) is 13.4 Å². The van der Waals surface area contributed by atoms with E-state index < -0.39 is 0 Å². The van der Waals surface area contributed by atoms with Crippen LogP contribution in [0.25, 0.3) is 0 Å². The molecule has 2 rings (SSSR count). The van der Waals surface area contributed by atoms with Crippen molar-refractivity contribution in [1.82, 2.24) is 9.97 Å². The Hall–Kier alpha value is -2.17. The third-order valence-electron chi connectivity index (χ3n) is 2.51. The summed E-state index contributed by atoms with van der Waals surface area (Å²) in [5, 5.41) is 3.30. The van der Waals surface area contributed by atoms with Crippen molar-refractivity contribution in [3.8, 4) is 5.75 Å². The molecule has 1 aromatic heterocycles. The fourth-order valence-corrected chi connectivity index (χ4v) is 1.58. The number of aromatic nitrogens is 2. The zero-order chi connectivity index (χ0) is 12.1. The standard InChI is InChI=1S/C12H16N4O/c1-17-12-6-9(2-3-11(12)13)15-5-4-10-7-14-8-16-10/h2-3,6-8,15H,4-5,13H2,1H3,(H,14,16). The van der Waals surface area contributed by atoms with Crippen LogP contribution in [0.3, 0.4) is 0 Å². The van der Waals surface area contributed by atoms with E-state index in [0.29, 0.717) is 11.4 Å². The first-order valence-electron chi connectivity index (χ1n) is 5.44. The highest BCUT2D eigenvalue weighted by Gasteiger charge is 2.00. The molecule has 0 aliphatic carbocycles. The van der Waals surface area contributed by atoms with Crippen LogP contribution in [0.4, 0.5) is 11.4 Å². The molecule has 4 N–H and O–H groups in total. The first kappa shape index (κ1) is 11.3. The van der Waals surface area contributed by atoms with Crippen molar-refractivity contribution in [3.05, 3.63) is 36.4 Å². The van der Waals surface area contributed by atoms with Crippen LogP contribution in [0.2, 0.25) is 0 Å². The van der Waals surface area contributed by atoms with E-state index in [2.05, 4.69) is 15.3 Å². The molecule has 1 heterocycles. The summed E-state index contributed by atoms with van der Waals surface area (Å²) in [5.41, 5.74) is 8.49. The van der Waals surface area contributed by atoms with Crippen LogP contribution < -0.4 is 15.8 Å². The maximum atomic E-state index is 5.74. The smallest absolute Gasteiger partial charge is 0.143 e. The fourth-order valence-electron chi connectivity index (χ4n) is 1.58. The van der Waals surface area contributed by atoms with E-state index in [9.17, 15) is 0 Å². The number of rotatable bonds is 5. The van der Waals surface area contributed by atoms with Crippen molar-refractivity contribution in [1.29, 1.82) is 0 Å². The van der Waals surface area contributed by atoms with Gasteiger partial charge in [0, 0.05) is 36.6 Å². The number of aromatic amines is 1. The zero-order valence-corrected chi connectivity index (χ0v) is 9.73. The highest BCUT2D eigenvalue weighted by molar-refractivity contribution is 5.61. The highest BCUT2D eigenvalue weighted by atomic mass is 16.5. The predicted octanol–water partition coefficient (Wildman–Crippen LogP) is 1.66. The summed E-state index contributed by atoms with van der Waals surface area (Å²) in [7, 11) is 1.61. The number of nitrogens with zero attached hydrogens (tertiary/aromatic N) is 1. The summed E-state index contributed by atoms with van der Waals surface area (Å²) in [6.45, 7) is 0.829. The molecule has 0 saturated heterocycles. The van der Waals surface area contributed by atoms with Crippen LogP contribution in [0.5, 0.6) is 5.75 Å². The van der Waals surface area contributed by atoms with E-state index in [4.69, 9.17) is 10.5 Å². The Morgan fingerprint density at radius 2 is 2.35 bits per heavy atom. The lowest BCUT2D eigenvalue weighted by Crippen LogP contribution is -2.05. The lowest BCUT2D eigenvalue weighted by Gasteiger charge is -2.09. The summed E-state index contributed by atoms with van der Waals surface area (Å²) in [4.78, 5) is 7.03. The van der Waals surface area contributed by atoms with Crippen LogP contribution >= 0.6 is 0 Å². The average Bonchev–Trinajstić information content (AvgIpc) is 2.84. The zero-order valence-electron chi connectivity index (χ0n) is 9.73. The molecule has 17 heavy (non-hydrogen) atoms. The highest BCUT2D eigenvalue weighted by Crippen LogP contribution is 2.24. The topological polar surface area (TPSA) is 76.0 Å². The molecule has 0 aliphatic rings. The number of nitrogens with two attached hydrogens (primary N) is 1. The number of H-pyrrole nitrogens is 1. The minimum absolute atomic E-state index is 0.645. The number of imidazole rings is 1. The molecule has 1 aromatic carbocycles. The predicted molar refractivity (Wildman–Crippen MR) is 68.2 cm³/mol. The summed E-state index contributed by atoms with van der Waals surface area (Å²) in [6, 6.07) is 5.66. The molecule has 5 heteroatoms. The molecule has 0 bridgehead atoms. The van der Waals surface area contributed by atoms with Gasteiger partial charge in [-0.05, 0) is 12.1 Å². The molecule has 0 saturated carbocycles. The summed E-state index contributed by atoms with van der Waals surface area (Å²) < 4.78 is 5.16. The Morgan fingerprint density at radius 1 is 1.47 bits per heavy atom. The first-order valence-corrected chi connectivity index (χ1v) is 5.44. The van der Waals surface area contributed by atoms with Crippen LogP contribution in [-0.4, -0.2) is 23.6 Å². The SMILES string of the molecule is COc1cc(NCCc2cnc[nH]2)ccc1N. The number of ether oxygens (including phenoxy) is 1. The molecule has 2 aromatic rings. The van der Waals surface area contributed by atoms with E-state index in [0.717, 1.165) is 24.3 Å². The molecule has 5 nitrogen and oxygen atoms in total. The molecular weight excluding hydrogens is 216 g/mol. The Kier molecular flexibility index (Phi) is 3.49. The molecular formula is C12H16N4O. The first-order chi connectivity index (χ1) is 8.29. The molecule has 0 spiro atoms. The van der Waals surface area contributed by atoms with Crippen LogP contribution in [-0.2, 0) is 6.42 Å². The van der Waals surface area contributed by atoms with Crippen molar-refractivity contribution in [2.75, 3.05) is 24.7 Å². The fraction of sp³-hybridized carbons (Fsp3) is 0.250. The molecule has 0 unspecified atom stereocenters. The number of hydrogen-bond donors (Lipinski definition) is 3. The van der Waals surface area contributed by atoms with Gasteiger partial charge in [0.15, 0.2) is 0 Å². The largest absolute Gasteiger partial charge is 0.495 e. The number of methoxy groups -OCH3 is 1. The van der Waals surface area contributed by atoms with Gasteiger partial charge in [0.1, 0.15) is 5.75 Å². The summed E-state index contributed by atoms with van der Waals surface area (Å²) >= 11 is 0. The van der Waals surface area contributed by atoms with E-state index in [1.807, 2.05) is 24.4 Å². The lowest BCUT2D eigenvalue weighted by atomic mass is 10.2. The number of hydrogen-bond acceptors (Lipinski definition) is 4. The Morgan fingerprint density at radius 3 is 3.06 bits per heavy atom. The van der Waals surface area contributed by atoms with Gasteiger partial charge in [0.05, 0.1) is 19.1 Å². The van der Waals surface area contributed by atoms with Crippen molar-refractivity contribution in [2.45, 2.75) is 6.42 Å². The van der Waals surface area contributed by atoms with Crippen molar-refractivity contribution in [3.63, 3.8) is 0 Å². The molecule has 0 fully saturated rings. The van der Waals surface area contributed by atoms with Gasteiger partial charge in [-0.1, -0.05) is 0 Å². The lowest BCUT2D eigenvalue weighted by molar-refractivity contribution is 0.417.